The molecular weight excluding hydrogens is 442 g/mol. The lowest BCUT2D eigenvalue weighted by molar-refractivity contribution is -0.988. The lowest BCUT2D eigenvalue weighted by atomic mass is 9.81. The number of pyridine rings is 1. The second-order valence-corrected chi connectivity index (χ2v) is 10.2. The molecule has 1 unspecified atom stereocenters. The van der Waals surface area contributed by atoms with Crippen molar-refractivity contribution in [2.24, 2.45) is 0 Å². The van der Waals surface area contributed by atoms with Crippen molar-refractivity contribution in [3.8, 4) is 28.4 Å². The van der Waals surface area contributed by atoms with Crippen molar-refractivity contribution in [3.63, 3.8) is 0 Å². The second kappa shape index (κ2) is 6.21. The van der Waals surface area contributed by atoms with Crippen LogP contribution in [0.3, 0.4) is 0 Å². The van der Waals surface area contributed by atoms with E-state index in [9.17, 15) is 0 Å². The summed E-state index contributed by atoms with van der Waals surface area (Å²) in [5, 5.41) is 0. The van der Waals surface area contributed by atoms with Gasteiger partial charge in [-0.3, -0.25) is 0 Å². The normalized spacial score (nSPS) is 19.2. The van der Waals surface area contributed by atoms with Crippen molar-refractivity contribution >= 4 is 11.1 Å². The Morgan fingerprint density at radius 3 is 2.53 bits per heavy atom. The van der Waals surface area contributed by atoms with Gasteiger partial charge in [-0.2, -0.15) is 0 Å². The Balaban J connectivity index is 1.45. The van der Waals surface area contributed by atoms with E-state index in [2.05, 4.69) is 118 Å². The molecule has 3 aliphatic heterocycles. The summed E-state index contributed by atoms with van der Waals surface area (Å²) in [5.41, 5.74) is 12.7. The van der Waals surface area contributed by atoms with E-state index < -0.39 is 5.66 Å². The van der Waals surface area contributed by atoms with Crippen LogP contribution in [0, 0.1) is 0 Å². The van der Waals surface area contributed by atoms with Gasteiger partial charge in [-0.05, 0) is 71.0 Å². The number of ether oxygens (including phenoxy) is 1. The number of benzene rings is 3. The summed E-state index contributed by atoms with van der Waals surface area (Å²) >= 11 is 0. The lowest BCUT2D eigenvalue weighted by Gasteiger charge is -2.24. The van der Waals surface area contributed by atoms with Crippen LogP contribution < -0.4 is 14.0 Å². The molecule has 0 fully saturated rings. The van der Waals surface area contributed by atoms with Crippen LogP contribution in [0.1, 0.15) is 41.2 Å². The van der Waals surface area contributed by atoms with Crippen molar-refractivity contribution in [2.75, 3.05) is 0 Å². The topological polar surface area (TPSA) is 21.9 Å². The number of rotatable bonds is 1. The van der Waals surface area contributed by atoms with Gasteiger partial charge in [-0.1, -0.05) is 42.5 Å². The molecule has 4 heteroatoms. The molecule has 2 aromatic heterocycles. The van der Waals surface area contributed by atoms with Crippen molar-refractivity contribution in [2.45, 2.75) is 25.4 Å². The molecular formula is C32H23N3O+2. The minimum Gasteiger partial charge on any atom is -0.455 e. The maximum atomic E-state index is 6.60. The van der Waals surface area contributed by atoms with Crippen LogP contribution >= 0.6 is 0 Å². The first-order valence-corrected chi connectivity index (χ1v) is 12.7. The van der Waals surface area contributed by atoms with Crippen molar-refractivity contribution in [1.82, 2.24) is 4.68 Å². The summed E-state index contributed by atoms with van der Waals surface area (Å²) in [6.07, 6.45) is 8.79. The first-order valence-electron chi connectivity index (χ1n) is 12.7. The summed E-state index contributed by atoms with van der Waals surface area (Å²) in [7, 11) is 0. The van der Waals surface area contributed by atoms with Gasteiger partial charge < -0.3 is 4.74 Å². The number of aryl methyl sites for hydroxylation is 1. The third kappa shape index (κ3) is 1.94. The first-order chi connectivity index (χ1) is 17.8. The molecule has 0 N–H and O–H groups in total. The van der Waals surface area contributed by atoms with Gasteiger partial charge in [0.2, 0.25) is 11.9 Å². The highest BCUT2D eigenvalue weighted by atomic mass is 16.5. The standard InChI is InChI=1S/C32H23N3O/c1-20-23(21-8-3-2-4-9-21)15-14-22-16-19-33-31(28(20)22)24-10-5-12-26-29(24)32(33)30-25(11-6-13-27(30)36-26)34-17-7-18-35(32)34/h2-13,16-19H,14-15H2,1H3/q+2. The van der Waals surface area contributed by atoms with Gasteiger partial charge in [0.25, 0.3) is 0 Å². The summed E-state index contributed by atoms with van der Waals surface area (Å²) in [6.45, 7) is 2.32. The monoisotopic (exact) mass is 465 g/mol. The summed E-state index contributed by atoms with van der Waals surface area (Å²) in [4.78, 5) is 0. The van der Waals surface area contributed by atoms with E-state index in [1.54, 1.807) is 0 Å². The Bertz CT molecular complexity index is 1830. The zero-order chi connectivity index (χ0) is 23.6. The molecule has 3 aromatic carbocycles. The summed E-state index contributed by atoms with van der Waals surface area (Å²) in [5.74, 6) is 1.88. The van der Waals surface area contributed by atoms with Gasteiger partial charge in [0.1, 0.15) is 17.2 Å². The summed E-state index contributed by atoms with van der Waals surface area (Å²) < 4.78 is 13.8. The van der Waals surface area contributed by atoms with Crippen molar-refractivity contribution in [1.29, 1.82) is 0 Å². The Morgan fingerprint density at radius 2 is 1.64 bits per heavy atom. The van der Waals surface area contributed by atoms with E-state index in [0.717, 1.165) is 24.3 Å². The third-order valence-electron chi connectivity index (χ3n) is 8.63. The van der Waals surface area contributed by atoms with Gasteiger partial charge in [0.15, 0.2) is 17.3 Å². The number of fused-ring (bicyclic) bond motifs is 6. The zero-order valence-electron chi connectivity index (χ0n) is 19.9. The van der Waals surface area contributed by atoms with Crippen molar-refractivity contribution < 1.29 is 14.0 Å². The average molecular weight is 466 g/mol. The van der Waals surface area contributed by atoms with Crippen LogP contribution in [0.25, 0.3) is 28.1 Å². The van der Waals surface area contributed by atoms with Crippen LogP contribution in [0.2, 0.25) is 0 Å². The molecule has 5 aromatic rings. The number of hydrogen-bond donors (Lipinski definition) is 0. The minimum absolute atomic E-state index is 0.505. The predicted octanol–water partition coefficient (Wildman–Crippen LogP) is 5.63. The highest BCUT2D eigenvalue weighted by Gasteiger charge is 2.72. The Kier molecular flexibility index (Phi) is 3.25. The molecule has 0 amide bonds. The number of aromatic nitrogens is 3. The van der Waals surface area contributed by atoms with Crippen LogP contribution in [0.5, 0.6) is 11.5 Å². The molecule has 0 radical (unpaired) electrons. The van der Waals surface area contributed by atoms with Gasteiger partial charge >= 0.3 is 5.66 Å². The number of hydrogen-bond acceptors (Lipinski definition) is 1. The molecule has 1 atom stereocenters. The van der Waals surface area contributed by atoms with Gasteiger partial charge in [0, 0.05) is 12.1 Å². The zero-order valence-corrected chi connectivity index (χ0v) is 19.9. The molecule has 170 valence electrons. The van der Waals surface area contributed by atoms with E-state index in [0.29, 0.717) is 0 Å². The van der Waals surface area contributed by atoms with Crippen LogP contribution in [0.15, 0.2) is 97.5 Å². The quantitative estimate of drug-likeness (QED) is 0.288. The van der Waals surface area contributed by atoms with Gasteiger partial charge in [0.05, 0.1) is 17.3 Å². The van der Waals surface area contributed by atoms with Gasteiger partial charge in [-0.15, -0.1) is 9.25 Å². The van der Waals surface area contributed by atoms with Crippen molar-refractivity contribution in [3.05, 3.63) is 125 Å². The third-order valence-corrected chi connectivity index (χ3v) is 8.63. The summed E-state index contributed by atoms with van der Waals surface area (Å²) in [6, 6.07) is 28.3. The lowest BCUT2D eigenvalue weighted by Crippen LogP contribution is -2.73. The SMILES string of the molecule is CC1=C(c2ccccc2)CCc2cc[n+]3c(c21)-c1cccc2c1C31c3c(cccc3-n3ccc[n+]31)O2. The first kappa shape index (κ1) is 18.8. The Labute approximate surface area is 208 Å². The average Bonchev–Trinajstić information content (AvgIpc) is 3.59. The van der Waals surface area contributed by atoms with E-state index >= 15 is 0 Å². The maximum Gasteiger partial charge on any atom is 0.447 e. The molecule has 4 nitrogen and oxygen atoms in total. The predicted molar refractivity (Wildman–Crippen MR) is 137 cm³/mol. The second-order valence-electron chi connectivity index (χ2n) is 10.2. The Morgan fingerprint density at radius 1 is 0.806 bits per heavy atom. The van der Waals surface area contributed by atoms with Crippen LogP contribution in [0.4, 0.5) is 0 Å². The fourth-order valence-electron chi connectivity index (χ4n) is 7.30. The smallest absolute Gasteiger partial charge is 0.447 e. The largest absolute Gasteiger partial charge is 0.455 e. The van der Waals surface area contributed by atoms with Crippen LogP contribution in [-0.2, 0) is 12.1 Å². The molecule has 1 aliphatic carbocycles. The van der Waals surface area contributed by atoms with E-state index in [1.165, 1.54) is 55.9 Å². The molecule has 0 bridgehead atoms. The molecule has 0 saturated heterocycles. The highest BCUT2D eigenvalue weighted by Crippen LogP contribution is 2.56. The molecule has 0 saturated carbocycles. The molecule has 9 rings (SSSR count). The highest BCUT2D eigenvalue weighted by molar-refractivity contribution is 5.97. The molecule has 36 heavy (non-hydrogen) atoms. The fraction of sp³-hybridized carbons (Fsp3) is 0.125. The van der Waals surface area contributed by atoms with E-state index in [1.807, 2.05) is 0 Å². The van der Waals surface area contributed by atoms with Crippen LogP contribution in [-0.4, -0.2) is 4.68 Å². The molecule has 4 aliphatic rings. The fourth-order valence-corrected chi connectivity index (χ4v) is 7.30. The van der Waals surface area contributed by atoms with Gasteiger partial charge in [-0.25, -0.2) is 0 Å². The Hall–Kier alpha value is -4.44. The minimum atomic E-state index is -0.505. The number of allylic oxidation sites excluding steroid dienone is 2. The van der Waals surface area contributed by atoms with E-state index in [-0.39, 0.29) is 0 Å². The maximum absolute atomic E-state index is 6.60. The molecule has 1 spiro atoms. The number of nitrogens with zero attached hydrogens (tertiary/aromatic N) is 3. The molecule has 5 heterocycles. The van der Waals surface area contributed by atoms with E-state index in [4.69, 9.17) is 4.74 Å².